The van der Waals surface area contributed by atoms with E-state index in [0.29, 0.717) is 11.4 Å². The van der Waals surface area contributed by atoms with Crippen LogP contribution in [0.4, 0.5) is 10.1 Å². The molecule has 0 saturated heterocycles. The molecule has 0 aliphatic heterocycles. The number of aromatic nitrogens is 2. The van der Waals surface area contributed by atoms with E-state index in [9.17, 15) is 18.6 Å². The van der Waals surface area contributed by atoms with Crippen LogP contribution < -0.4 is 72.5 Å². The zero-order chi connectivity index (χ0) is 21.1. The topological polar surface area (TPSA) is 87.0 Å². The summed E-state index contributed by atoms with van der Waals surface area (Å²) < 4.78 is 28.2. The molecule has 1 unspecified atom stereocenters. The smallest absolute Gasteiger partial charge is 0.790 e. The molecule has 0 aliphatic carbocycles. The second-order valence-electron chi connectivity index (χ2n) is 6.47. The molecule has 9 heteroatoms. The fourth-order valence-corrected chi connectivity index (χ4v) is 4.48. The summed E-state index contributed by atoms with van der Waals surface area (Å²) in [7, 11) is -4.14. The third-order valence-corrected chi connectivity index (χ3v) is 6.34. The SMILES string of the molecule is O=C(Nc1ccc(-n2ccnc2P(=O)([O-])c2ccccc2)cc1)c1ccccc1F.[K+]. The standard InChI is InChI=1S/C22H17FN3O3P.K/c23-20-9-5-4-8-19(20)21(27)25-16-10-12-17(13-11-16)26-15-14-24-22(26)30(28,29)18-6-2-1-3-7-18;/h1-15H,(H,25,27)(H,28,29);/q;+1/p-1. The van der Waals surface area contributed by atoms with Gasteiger partial charge in [-0.25, -0.2) is 9.37 Å². The number of carbonyl (C=O) groups is 1. The number of amides is 1. The Hall–Kier alpha value is -1.90. The molecular formula is C22H16FKN3O3P. The Labute approximate surface area is 221 Å². The van der Waals surface area contributed by atoms with Crippen molar-refractivity contribution in [3.8, 4) is 5.69 Å². The average molecular weight is 459 g/mol. The zero-order valence-corrected chi connectivity index (χ0v) is 20.6. The van der Waals surface area contributed by atoms with Crippen molar-refractivity contribution >= 4 is 29.8 Å². The first-order chi connectivity index (χ1) is 14.5. The van der Waals surface area contributed by atoms with Crippen LogP contribution in [0.15, 0.2) is 91.3 Å². The summed E-state index contributed by atoms with van der Waals surface area (Å²) in [6, 6.07) is 20.3. The van der Waals surface area contributed by atoms with Gasteiger partial charge >= 0.3 is 51.4 Å². The van der Waals surface area contributed by atoms with Crippen molar-refractivity contribution < 1.29 is 70.0 Å². The molecular weight excluding hydrogens is 443 g/mol. The monoisotopic (exact) mass is 459 g/mol. The van der Waals surface area contributed by atoms with E-state index < -0.39 is 19.1 Å². The first-order valence-electron chi connectivity index (χ1n) is 9.04. The Morgan fingerprint density at radius 1 is 0.968 bits per heavy atom. The van der Waals surface area contributed by atoms with Gasteiger partial charge in [-0.15, -0.1) is 0 Å². The molecule has 1 aromatic heterocycles. The largest absolute Gasteiger partial charge is 1.00 e. The summed E-state index contributed by atoms with van der Waals surface area (Å²) in [5, 5.41) is 2.79. The third-order valence-electron chi connectivity index (χ3n) is 4.50. The van der Waals surface area contributed by atoms with E-state index in [0.717, 1.165) is 0 Å². The number of imidazole rings is 1. The van der Waals surface area contributed by atoms with Crippen LogP contribution in [0.2, 0.25) is 0 Å². The molecule has 0 radical (unpaired) electrons. The molecule has 0 saturated carbocycles. The number of hydrogen-bond acceptors (Lipinski definition) is 4. The average Bonchev–Trinajstić information content (AvgIpc) is 3.26. The molecule has 4 aromatic rings. The molecule has 0 fully saturated rings. The van der Waals surface area contributed by atoms with Crippen molar-refractivity contribution in [3.05, 3.63) is 103 Å². The number of benzene rings is 3. The summed E-state index contributed by atoms with van der Waals surface area (Å²) in [5.41, 5.74) is 0.853. The predicted molar refractivity (Wildman–Crippen MR) is 111 cm³/mol. The number of anilines is 1. The van der Waals surface area contributed by atoms with Crippen molar-refractivity contribution in [2.45, 2.75) is 0 Å². The molecule has 1 N–H and O–H groups in total. The Kier molecular flexibility index (Phi) is 7.77. The summed E-state index contributed by atoms with van der Waals surface area (Å²) in [6.45, 7) is 0. The summed E-state index contributed by atoms with van der Waals surface area (Å²) >= 11 is 0. The van der Waals surface area contributed by atoms with Crippen LogP contribution in [0, 0.1) is 5.82 Å². The number of rotatable bonds is 5. The first-order valence-corrected chi connectivity index (χ1v) is 10.7. The van der Waals surface area contributed by atoms with E-state index in [4.69, 9.17) is 0 Å². The second kappa shape index (κ2) is 10.1. The van der Waals surface area contributed by atoms with Crippen LogP contribution in [0.1, 0.15) is 10.4 Å². The van der Waals surface area contributed by atoms with Crippen LogP contribution in [0.3, 0.4) is 0 Å². The van der Waals surface area contributed by atoms with Crippen molar-refractivity contribution in [1.29, 1.82) is 0 Å². The van der Waals surface area contributed by atoms with Gasteiger partial charge in [-0.1, -0.05) is 42.5 Å². The number of hydrogen-bond donors (Lipinski definition) is 1. The quantitative estimate of drug-likeness (QED) is 0.333. The predicted octanol–water partition coefficient (Wildman–Crippen LogP) is -0.143. The maximum atomic E-state index is 13.8. The fourth-order valence-electron chi connectivity index (χ4n) is 3.00. The van der Waals surface area contributed by atoms with Crippen LogP contribution >= 0.6 is 7.37 Å². The van der Waals surface area contributed by atoms with Gasteiger partial charge in [0.1, 0.15) is 13.2 Å². The number of carbonyl (C=O) groups excluding carboxylic acids is 1. The normalized spacial score (nSPS) is 12.5. The molecule has 31 heavy (non-hydrogen) atoms. The van der Waals surface area contributed by atoms with Gasteiger partial charge in [0.2, 0.25) is 0 Å². The number of nitrogens with zero attached hydrogens (tertiary/aromatic N) is 2. The minimum atomic E-state index is -4.14. The van der Waals surface area contributed by atoms with Crippen LogP contribution in [-0.4, -0.2) is 15.5 Å². The summed E-state index contributed by atoms with van der Waals surface area (Å²) in [5.74, 6) is -1.18. The first kappa shape index (κ1) is 23.8. The van der Waals surface area contributed by atoms with Crippen LogP contribution in [0.5, 0.6) is 0 Å². The van der Waals surface area contributed by atoms with Crippen LogP contribution in [0.25, 0.3) is 5.69 Å². The molecule has 1 amide bonds. The van der Waals surface area contributed by atoms with Gasteiger partial charge < -0.3 is 14.8 Å². The summed E-state index contributed by atoms with van der Waals surface area (Å²) in [4.78, 5) is 29.2. The van der Waals surface area contributed by atoms with E-state index >= 15 is 0 Å². The van der Waals surface area contributed by atoms with Gasteiger partial charge in [0.15, 0.2) is 5.57 Å². The van der Waals surface area contributed by atoms with Gasteiger partial charge in [0, 0.05) is 29.1 Å². The molecule has 0 aliphatic rings. The van der Waals surface area contributed by atoms with E-state index in [1.165, 1.54) is 41.1 Å². The molecule has 0 spiro atoms. The van der Waals surface area contributed by atoms with Gasteiger partial charge in [0.05, 0.1) is 5.56 Å². The maximum absolute atomic E-state index is 13.8. The number of halogens is 1. The van der Waals surface area contributed by atoms with E-state index in [1.54, 1.807) is 54.7 Å². The van der Waals surface area contributed by atoms with E-state index in [2.05, 4.69) is 10.3 Å². The number of nitrogens with one attached hydrogen (secondary N) is 1. The van der Waals surface area contributed by atoms with E-state index in [-0.39, 0.29) is 67.8 Å². The molecule has 6 nitrogen and oxygen atoms in total. The molecule has 0 bridgehead atoms. The van der Waals surface area contributed by atoms with Crippen molar-refractivity contribution in [3.63, 3.8) is 0 Å². The van der Waals surface area contributed by atoms with Crippen molar-refractivity contribution in [1.82, 2.24) is 9.55 Å². The minimum Gasteiger partial charge on any atom is -0.790 e. The summed E-state index contributed by atoms with van der Waals surface area (Å²) in [6.07, 6.45) is 2.96. The maximum Gasteiger partial charge on any atom is 1.00 e. The third kappa shape index (κ3) is 5.13. The van der Waals surface area contributed by atoms with Gasteiger partial charge in [-0.3, -0.25) is 9.36 Å². The Bertz CT molecular complexity index is 1250. The van der Waals surface area contributed by atoms with Crippen LogP contribution in [-0.2, 0) is 4.57 Å². The molecule has 1 heterocycles. The molecule has 4 rings (SSSR count). The molecule has 3 aromatic carbocycles. The van der Waals surface area contributed by atoms with Crippen molar-refractivity contribution in [2.24, 2.45) is 0 Å². The minimum absolute atomic E-state index is 0. The Balaban J connectivity index is 0.00000272. The molecule has 150 valence electrons. The van der Waals surface area contributed by atoms with Gasteiger partial charge in [-0.05, 0) is 36.4 Å². The fraction of sp³-hybridized carbons (Fsp3) is 0. The Morgan fingerprint density at radius 3 is 2.29 bits per heavy atom. The zero-order valence-electron chi connectivity index (χ0n) is 16.6. The van der Waals surface area contributed by atoms with Crippen molar-refractivity contribution in [2.75, 3.05) is 5.32 Å². The molecule has 1 atom stereocenters. The second-order valence-corrected chi connectivity index (χ2v) is 8.48. The van der Waals surface area contributed by atoms with E-state index in [1.807, 2.05) is 0 Å². The Morgan fingerprint density at radius 2 is 1.61 bits per heavy atom. The van der Waals surface area contributed by atoms with Gasteiger partial charge in [0.25, 0.3) is 5.91 Å². The van der Waals surface area contributed by atoms with Gasteiger partial charge in [-0.2, -0.15) is 0 Å².